The number of amides is 1. The minimum Gasteiger partial charge on any atom is -0.481 e. The summed E-state index contributed by atoms with van der Waals surface area (Å²) in [4.78, 5) is 24.0. The lowest BCUT2D eigenvalue weighted by Gasteiger charge is -2.41. The van der Waals surface area contributed by atoms with Crippen molar-refractivity contribution in [3.8, 4) is 0 Å². The quantitative estimate of drug-likeness (QED) is 0.193. The van der Waals surface area contributed by atoms with Gasteiger partial charge in [0.15, 0.2) is 0 Å². The maximum Gasteiger partial charge on any atom is 0.305 e. The van der Waals surface area contributed by atoms with Crippen molar-refractivity contribution in [2.45, 2.75) is 90.2 Å². The molecular weight excluding hydrogens is 548 g/mol. The van der Waals surface area contributed by atoms with Crippen LogP contribution in [0.4, 0.5) is 5.69 Å². The zero-order valence-electron chi connectivity index (χ0n) is 26.0. The zero-order valence-corrected chi connectivity index (χ0v) is 26.8. The number of carboxylic acids is 1. The van der Waals surface area contributed by atoms with E-state index in [1.165, 1.54) is 12.8 Å². The van der Waals surface area contributed by atoms with Gasteiger partial charge in [-0.15, -0.1) is 0 Å². The van der Waals surface area contributed by atoms with Crippen LogP contribution in [0.3, 0.4) is 0 Å². The summed E-state index contributed by atoms with van der Waals surface area (Å²) < 4.78 is 18.7. The fraction of sp³-hybridized carbons (Fsp3) is 0.588. The highest BCUT2D eigenvalue weighted by Crippen LogP contribution is 2.43. The molecule has 0 bridgehead atoms. The summed E-state index contributed by atoms with van der Waals surface area (Å²) in [6.07, 6.45) is 7.17. The first-order chi connectivity index (χ1) is 20.0. The van der Waals surface area contributed by atoms with Crippen LogP contribution in [0.25, 0.3) is 0 Å². The number of ether oxygens (including phenoxy) is 1. The third-order valence-electron chi connectivity index (χ3n) is 8.67. The third-order valence-corrected chi connectivity index (χ3v) is 10.1. The SMILES string of the molecule is CCCCS(=O)c1ccc(NC(OC)C(Cc2ccc(C(=O)NCCC(=O)O)cc2)C2CCC(C(C)(C)C)CC2)cc1. The molecule has 232 valence electrons. The van der Waals surface area contributed by atoms with Crippen LogP contribution in [0.15, 0.2) is 53.4 Å². The van der Waals surface area contributed by atoms with Gasteiger partial charge in [-0.2, -0.15) is 0 Å². The lowest BCUT2D eigenvalue weighted by Crippen LogP contribution is -2.39. The lowest BCUT2D eigenvalue weighted by molar-refractivity contribution is -0.136. The molecule has 1 saturated carbocycles. The number of hydrogen-bond acceptors (Lipinski definition) is 5. The molecular formula is C34H50N2O5S. The molecule has 1 fully saturated rings. The number of aliphatic carboxylic acids is 1. The van der Waals surface area contributed by atoms with E-state index in [1.54, 1.807) is 7.11 Å². The van der Waals surface area contributed by atoms with Gasteiger partial charge in [0, 0.05) is 41.5 Å². The zero-order chi connectivity index (χ0) is 30.7. The first kappa shape index (κ1) is 33.8. The second-order valence-corrected chi connectivity index (χ2v) is 14.2. The minimum absolute atomic E-state index is 0.103. The number of carbonyl (C=O) groups excluding carboxylic acids is 1. The molecule has 1 amide bonds. The highest BCUT2D eigenvalue weighted by atomic mass is 32.2. The first-order valence-electron chi connectivity index (χ1n) is 15.4. The van der Waals surface area contributed by atoms with Gasteiger partial charge in [0.05, 0.1) is 17.2 Å². The Morgan fingerprint density at radius 2 is 1.67 bits per heavy atom. The molecule has 8 heteroatoms. The van der Waals surface area contributed by atoms with Crippen LogP contribution in [0, 0.1) is 23.2 Å². The number of carboxylic acid groups (broad SMARTS) is 1. The largest absolute Gasteiger partial charge is 0.481 e. The van der Waals surface area contributed by atoms with Crippen molar-refractivity contribution >= 4 is 28.4 Å². The van der Waals surface area contributed by atoms with Crippen LogP contribution in [-0.4, -0.2) is 46.8 Å². The average Bonchev–Trinajstić information content (AvgIpc) is 2.97. The molecule has 3 unspecified atom stereocenters. The number of nitrogens with one attached hydrogen (secondary N) is 2. The smallest absolute Gasteiger partial charge is 0.305 e. The number of rotatable bonds is 15. The Kier molecular flexibility index (Phi) is 13.1. The maximum atomic E-state index is 12.6. The number of benzene rings is 2. The molecule has 42 heavy (non-hydrogen) atoms. The number of carbonyl (C=O) groups is 2. The number of anilines is 1. The van der Waals surface area contributed by atoms with Crippen molar-refractivity contribution in [3.63, 3.8) is 0 Å². The van der Waals surface area contributed by atoms with Gasteiger partial charge in [0.25, 0.3) is 5.91 Å². The Balaban J connectivity index is 1.75. The Morgan fingerprint density at radius 3 is 2.21 bits per heavy atom. The van der Waals surface area contributed by atoms with Gasteiger partial charge < -0.3 is 20.5 Å². The second kappa shape index (κ2) is 16.2. The normalized spacial score (nSPS) is 19.5. The van der Waals surface area contributed by atoms with E-state index < -0.39 is 16.8 Å². The Bertz CT molecular complexity index is 1150. The van der Waals surface area contributed by atoms with Crippen molar-refractivity contribution < 1.29 is 23.6 Å². The molecule has 0 radical (unpaired) electrons. The Labute approximate surface area is 254 Å². The second-order valence-electron chi connectivity index (χ2n) is 12.7. The van der Waals surface area contributed by atoms with Crippen LogP contribution < -0.4 is 10.6 Å². The maximum absolute atomic E-state index is 12.6. The molecule has 0 heterocycles. The van der Waals surface area contributed by atoms with Crippen molar-refractivity contribution in [1.82, 2.24) is 5.32 Å². The fourth-order valence-corrected chi connectivity index (χ4v) is 7.21. The van der Waals surface area contributed by atoms with Gasteiger partial charge in [-0.1, -0.05) is 46.2 Å². The van der Waals surface area contributed by atoms with Crippen LogP contribution in [0.1, 0.15) is 88.6 Å². The summed E-state index contributed by atoms with van der Waals surface area (Å²) in [5, 5.41) is 15.1. The predicted molar refractivity (Wildman–Crippen MR) is 170 cm³/mol. The van der Waals surface area contributed by atoms with E-state index in [0.717, 1.165) is 48.3 Å². The van der Waals surface area contributed by atoms with Gasteiger partial charge in [0.1, 0.15) is 6.23 Å². The summed E-state index contributed by atoms with van der Waals surface area (Å²) >= 11 is 0. The molecule has 3 rings (SSSR count). The van der Waals surface area contributed by atoms with Crippen LogP contribution in [-0.2, 0) is 26.8 Å². The summed E-state index contributed by atoms with van der Waals surface area (Å²) in [5.41, 5.74) is 2.90. The van der Waals surface area contributed by atoms with Gasteiger partial charge in [0.2, 0.25) is 0 Å². The predicted octanol–water partition coefficient (Wildman–Crippen LogP) is 6.89. The summed E-state index contributed by atoms with van der Waals surface area (Å²) in [7, 11) is 0.775. The monoisotopic (exact) mass is 598 g/mol. The van der Waals surface area contributed by atoms with Crippen LogP contribution in [0.2, 0.25) is 0 Å². The van der Waals surface area contributed by atoms with E-state index in [4.69, 9.17) is 9.84 Å². The van der Waals surface area contributed by atoms with Gasteiger partial charge in [-0.05, 0) is 97.7 Å². The molecule has 7 nitrogen and oxygen atoms in total. The standard InChI is InChI=1S/C34H50N2O5S/c1-6-7-22-42(40)29-18-16-28(17-19-29)36-33(41-5)30(25-12-14-27(15-13-25)34(2,3)4)23-24-8-10-26(11-9-24)32(39)35-21-20-31(37)38/h8-11,16-19,25,27,30,33,36H,6-7,12-15,20-23H2,1-5H3,(H,35,39)(H,37,38). The highest BCUT2D eigenvalue weighted by molar-refractivity contribution is 7.85. The van der Waals surface area contributed by atoms with Gasteiger partial charge in [-0.3, -0.25) is 13.8 Å². The van der Waals surface area contributed by atoms with Crippen molar-refractivity contribution in [3.05, 3.63) is 59.7 Å². The Hall–Kier alpha value is -2.71. The lowest BCUT2D eigenvalue weighted by atomic mass is 9.66. The molecule has 0 spiro atoms. The van der Waals surface area contributed by atoms with Crippen molar-refractivity contribution in [1.29, 1.82) is 0 Å². The molecule has 3 N–H and O–H groups in total. The number of methoxy groups -OCH3 is 1. The fourth-order valence-electron chi connectivity index (χ4n) is 5.98. The first-order valence-corrected chi connectivity index (χ1v) is 16.7. The van der Waals surface area contributed by atoms with E-state index >= 15 is 0 Å². The molecule has 0 aromatic heterocycles. The molecule has 0 saturated heterocycles. The van der Waals surface area contributed by atoms with E-state index in [-0.39, 0.29) is 31.0 Å². The van der Waals surface area contributed by atoms with E-state index in [1.807, 2.05) is 48.5 Å². The molecule has 1 aliphatic rings. The van der Waals surface area contributed by atoms with Crippen LogP contribution in [0.5, 0.6) is 0 Å². The van der Waals surface area contributed by atoms with Crippen molar-refractivity contribution in [2.75, 3.05) is 24.7 Å². The third kappa shape index (κ3) is 10.2. The Morgan fingerprint density at radius 1 is 1.02 bits per heavy atom. The summed E-state index contributed by atoms with van der Waals surface area (Å²) in [5.74, 6) is 0.892. The van der Waals surface area contributed by atoms with E-state index in [9.17, 15) is 13.8 Å². The van der Waals surface area contributed by atoms with Crippen molar-refractivity contribution in [2.24, 2.45) is 23.2 Å². The molecule has 2 aromatic carbocycles. The summed E-state index contributed by atoms with van der Waals surface area (Å²) in [6.45, 7) is 9.23. The van der Waals surface area contributed by atoms with Crippen LogP contribution >= 0.6 is 0 Å². The molecule has 3 atom stereocenters. The average molecular weight is 599 g/mol. The minimum atomic E-state index is -0.979. The number of hydrogen-bond donors (Lipinski definition) is 3. The topological polar surface area (TPSA) is 105 Å². The van der Waals surface area contributed by atoms with Gasteiger partial charge >= 0.3 is 5.97 Å². The number of unbranched alkanes of at least 4 members (excludes halogenated alkanes) is 1. The molecule has 1 aliphatic carbocycles. The highest BCUT2D eigenvalue weighted by Gasteiger charge is 2.36. The van der Waals surface area contributed by atoms with E-state index in [0.29, 0.717) is 28.6 Å². The molecule has 2 aromatic rings. The molecule has 0 aliphatic heterocycles. The summed E-state index contributed by atoms with van der Waals surface area (Å²) in [6, 6.07) is 15.5. The van der Waals surface area contributed by atoms with Gasteiger partial charge in [-0.25, -0.2) is 0 Å². The van der Waals surface area contributed by atoms with E-state index in [2.05, 4.69) is 38.3 Å².